The average Bonchev–Trinajstić information content (AvgIpc) is 2.96. The molecule has 2 N–H and O–H groups in total. The molecule has 0 bridgehead atoms. The SMILES string of the molecule is Cc1cc(S(=O)(=O)NCc2nccn2C(F)F)cc(C(=O)O)c1C. The summed E-state index contributed by atoms with van der Waals surface area (Å²) in [4.78, 5) is 14.6. The minimum absolute atomic E-state index is 0.135. The highest BCUT2D eigenvalue weighted by Gasteiger charge is 2.21. The maximum Gasteiger partial charge on any atom is 0.336 e. The van der Waals surface area contributed by atoms with Gasteiger partial charge in [0, 0.05) is 12.4 Å². The summed E-state index contributed by atoms with van der Waals surface area (Å²) in [7, 11) is -4.09. The summed E-state index contributed by atoms with van der Waals surface area (Å²) >= 11 is 0. The van der Waals surface area contributed by atoms with E-state index in [1.54, 1.807) is 13.8 Å². The summed E-state index contributed by atoms with van der Waals surface area (Å²) in [5.41, 5.74) is 0.809. The molecule has 0 amide bonds. The first-order valence-corrected chi connectivity index (χ1v) is 8.26. The predicted molar refractivity (Wildman–Crippen MR) is 80.4 cm³/mol. The normalized spacial score (nSPS) is 11.9. The van der Waals surface area contributed by atoms with Crippen LogP contribution in [-0.4, -0.2) is 29.0 Å². The number of aromatic carboxylic acids is 1. The zero-order chi connectivity index (χ0) is 18.1. The van der Waals surface area contributed by atoms with Gasteiger partial charge in [0.25, 0.3) is 0 Å². The van der Waals surface area contributed by atoms with Gasteiger partial charge in [-0.2, -0.15) is 8.78 Å². The number of rotatable bonds is 6. The summed E-state index contributed by atoms with van der Waals surface area (Å²) in [5, 5.41) is 9.15. The summed E-state index contributed by atoms with van der Waals surface area (Å²) in [6.07, 6.45) is 2.17. The van der Waals surface area contributed by atoms with Crippen LogP contribution in [-0.2, 0) is 16.6 Å². The Morgan fingerprint density at radius 3 is 2.62 bits per heavy atom. The topological polar surface area (TPSA) is 101 Å². The van der Waals surface area contributed by atoms with Crippen LogP contribution in [0.4, 0.5) is 8.78 Å². The molecule has 130 valence electrons. The molecule has 10 heteroatoms. The monoisotopic (exact) mass is 359 g/mol. The number of imidazole rings is 1. The fourth-order valence-electron chi connectivity index (χ4n) is 2.10. The van der Waals surface area contributed by atoms with Crippen LogP contribution >= 0.6 is 0 Å². The molecule has 1 heterocycles. The molecule has 2 aromatic rings. The Hall–Kier alpha value is -2.33. The molecule has 0 atom stereocenters. The van der Waals surface area contributed by atoms with E-state index in [0.29, 0.717) is 15.7 Å². The maximum absolute atomic E-state index is 12.7. The molecule has 24 heavy (non-hydrogen) atoms. The number of carbonyl (C=O) groups is 1. The van der Waals surface area contributed by atoms with Crippen molar-refractivity contribution in [3.8, 4) is 0 Å². The molecule has 0 fully saturated rings. The van der Waals surface area contributed by atoms with Crippen LogP contribution in [0.3, 0.4) is 0 Å². The minimum atomic E-state index is -4.09. The van der Waals surface area contributed by atoms with Crippen molar-refractivity contribution >= 4 is 16.0 Å². The Kier molecular flexibility index (Phi) is 4.99. The standard InChI is InChI=1S/C14H15F2N3O4S/c1-8-5-10(6-11(9(8)2)13(20)21)24(22,23)18-7-12-17-3-4-19(12)14(15)16/h3-6,14,18H,7H2,1-2H3,(H,20,21). The van der Waals surface area contributed by atoms with Gasteiger partial charge in [0.2, 0.25) is 10.0 Å². The van der Waals surface area contributed by atoms with Crippen molar-refractivity contribution in [3.05, 3.63) is 47.0 Å². The predicted octanol–water partition coefficient (Wildman–Crippen LogP) is 2.07. The molecule has 0 spiro atoms. The van der Waals surface area contributed by atoms with E-state index in [2.05, 4.69) is 9.71 Å². The number of halogens is 2. The smallest absolute Gasteiger partial charge is 0.336 e. The first-order valence-electron chi connectivity index (χ1n) is 6.77. The largest absolute Gasteiger partial charge is 0.478 e. The van der Waals surface area contributed by atoms with Gasteiger partial charge in [-0.05, 0) is 37.1 Å². The van der Waals surface area contributed by atoms with E-state index < -0.39 is 29.1 Å². The van der Waals surface area contributed by atoms with Crippen molar-refractivity contribution in [2.75, 3.05) is 0 Å². The molecule has 0 radical (unpaired) electrons. The number of alkyl halides is 2. The average molecular weight is 359 g/mol. The molecule has 2 rings (SSSR count). The van der Waals surface area contributed by atoms with Crippen LogP contribution in [0, 0.1) is 13.8 Å². The van der Waals surface area contributed by atoms with Crippen LogP contribution in [0.2, 0.25) is 0 Å². The highest BCUT2D eigenvalue weighted by atomic mass is 32.2. The molecular weight excluding hydrogens is 344 g/mol. The molecule has 1 aromatic heterocycles. The van der Waals surface area contributed by atoms with Crippen molar-refractivity contribution in [3.63, 3.8) is 0 Å². The molecule has 0 unspecified atom stereocenters. The molecule has 1 aromatic carbocycles. The molecule has 0 aliphatic carbocycles. The number of aryl methyl sites for hydroxylation is 1. The van der Waals surface area contributed by atoms with Crippen LogP contribution < -0.4 is 4.72 Å². The maximum atomic E-state index is 12.7. The van der Waals surface area contributed by atoms with Gasteiger partial charge in [0.15, 0.2) is 0 Å². The number of nitrogens with zero attached hydrogens (tertiary/aromatic N) is 2. The van der Waals surface area contributed by atoms with Crippen molar-refractivity contribution < 1.29 is 27.1 Å². The van der Waals surface area contributed by atoms with E-state index in [0.717, 1.165) is 18.5 Å². The third kappa shape index (κ3) is 3.60. The molecular formula is C14H15F2N3O4S. The summed E-state index contributed by atoms with van der Waals surface area (Å²) in [5.74, 6) is -1.41. The van der Waals surface area contributed by atoms with Crippen molar-refractivity contribution in [1.29, 1.82) is 0 Å². The van der Waals surface area contributed by atoms with Crippen LogP contribution in [0.5, 0.6) is 0 Å². The number of hydrogen-bond acceptors (Lipinski definition) is 4. The molecule has 0 aliphatic heterocycles. The zero-order valence-corrected chi connectivity index (χ0v) is 13.6. The highest BCUT2D eigenvalue weighted by Crippen LogP contribution is 2.20. The van der Waals surface area contributed by atoms with Gasteiger partial charge in [-0.15, -0.1) is 0 Å². The third-order valence-corrected chi connectivity index (χ3v) is 4.94. The van der Waals surface area contributed by atoms with E-state index in [9.17, 15) is 22.0 Å². The van der Waals surface area contributed by atoms with Crippen LogP contribution in [0.1, 0.15) is 33.9 Å². The molecule has 7 nitrogen and oxygen atoms in total. The molecule has 0 saturated heterocycles. The summed E-state index contributed by atoms with van der Waals surface area (Å²) in [6.45, 7) is -0.131. The first-order chi connectivity index (χ1) is 11.1. The van der Waals surface area contributed by atoms with E-state index in [4.69, 9.17) is 5.11 Å². The van der Waals surface area contributed by atoms with Gasteiger partial charge in [-0.3, -0.25) is 4.57 Å². The van der Waals surface area contributed by atoms with Gasteiger partial charge < -0.3 is 5.11 Å². The van der Waals surface area contributed by atoms with Gasteiger partial charge in [0.05, 0.1) is 17.0 Å². The number of carboxylic acids is 1. The second kappa shape index (κ2) is 6.65. The van der Waals surface area contributed by atoms with E-state index in [1.807, 2.05) is 0 Å². The lowest BCUT2D eigenvalue weighted by atomic mass is 10.0. The highest BCUT2D eigenvalue weighted by molar-refractivity contribution is 7.89. The summed E-state index contributed by atoms with van der Waals surface area (Å²) < 4.78 is 52.8. The van der Waals surface area contributed by atoms with Gasteiger partial charge in [-0.25, -0.2) is 22.9 Å². The number of aromatic nitrogens is 2. The second-order valence-electron chi connectivity index (χ2n) is 5.07. The molecule has 0 saturated carbocycles. The number of benzene rings is 1. The Morgan fingerprint density at radius 1 is 1.38 bits per heavy atom. The number of hydrogen-bond donors (Lipinski definition) is 2. The van der Waals surface area contributed by atoms with E-state index >= 15 is 0 Å². The lowest BCUT2D eigenvalue weighted by molar-refractivity contribution is 0.0666. The molecule has 0 aliphatic rings. The lowest BCUT2D eigenvalue weighted by Crippen LogP contribution is -2.25. The zero-order valence-electron chi connectivity index (χ0n) is 12.8. The van der Waals surface area contributed by atoms with Gasteiger partial charge in [-0.1, -0.05) is 0 Å². The van der Waals surface area contributed by atoms with E-state index in [-0.39, 0.29) is 16.3 Å². The summed E-state index contributed by atoms with van der Waals surface area (Å²) in [6, 6.07) is 2.36. The first kappa shape index (κ1) is 18.0. The number of carboxylic acid groups (broad SMARTS) is 1. The number of sulfonamides is 1. The fourth-order valence-corrected chi connectivity index (χ4v) is 3.20. The fraction of sp³-hybridized carbons (Fsp3) is 0.286. The van der Waals surface area contributed by atoms with Gasteiger partial charge >= 0.3 is 12.5 Å². The Labute approximate surface area is 137 Å². The Bertz CT molecular complexity index is 878. The second-order valence-corrected chi connectivity index (χ2v) is 6.84. The lowest BCUT2D eigenvalue weighted by Gasteiger charge is -2.12. The Balaban J connectivity index is 2.31. The quantitative estimate of drug-likeness (QED) is 0.822. The third-order valence-electron chi connectivity index (χ3n) is 3.56. The number of nitrogens with one attached hydrogen (secondary N) is 1. The van der Waals surface area contributed by atoms with Crippen LogP contribution in [0.15, 0.2) is 29.4 Å². The van der Waals surface area contributed by atoms with Crippen molar-refractivity contribution in [2.45, 2.75) is 31.8 Å². The van der Waals surface area contributed by atoms with Crippen LogP contribution in [0.25, 0.3) is 0 Å². The minimum Gasteiger partial charge on any atom is -0.478 e. The van der Waals surface area contributed by atoms with Crippen molar-refractivity contribution in [1.82, 2.24) is 14.3 Å². The van der Waals surface area contributed by atoms with E-state index in [1.165, 1.54) is 6.07 Å². The van der Waals surface area contributed by atoms with Gasteiger partial charge in [0.1, 0.15) is 5.82 Å². The van der Waals surface area contributed by atoms with Crippen molar-refractivity contribution in [2.24, 2.45) is 0 Å². The Morgan fingerprint density at radius 2 is 2.04 bits per heavy atom.